The van der Waals surface area contributed by atoms with Gasteiger partial charge in [-0.15, -0.1) is 0 Å². The first-order valence-corrected chi connectivity index (χ1v) is 20.3. The van der Waals surface area contributed by atoms with Gasteiger partial charge < -0.3 is 18.3 Å². The number of fused-ring (bicyclic) bond motifs is 12. The summed E-state index contributed by atoms with van der Waals surface area (Å²) >= 11 is 0. The highest BCUT2D eigenvalue weighted by Gasteiger charge is 2.20. The molecule has 5 heteroatoms. The molecule has 0 unspecified atom stereocenters. The van der Waals surface area contributed by atoms with Gasteiger partial charge in [0.15, 0.2) is 0 Å². The summed E-state index contributed by atoms with van der Waals surface area (Å²) in [7, 11) is 0. The predicted octanol–water partition coefficient (Wildman–Crippen LogP) is 13.7. The number of para-hydroxylation sites is 4. The van der Waals surface area contributed by atoms with Gasteiger partial charge >= 0.3 is 0 Å². The van der Waals surface area contributed by atoms with Crippen LogP contribution in [-0.2, 0) is 6.54 Å². The van der Waals surface area contributed by atoms with Gasteiger partial charge in [0, 0.05) is 83.3 Å². The molecule has 8 aromatic carbocycles. The standard InChI is InChI=1S/C53H38N4O/c1-2-3-28-54-46-24-20-34(33-58)29-42(46)43-30-35(21-25-47(43)54)57-52-26-22-36(55-48-16-8-4-12-38(48)39-13-5-9-17-49(39)55)31-44(52)45-32-37(23-27-53(45)57)56-50-18-10-6-14-40(50)41-15-7-11-19-51(41)56/h4-27,29-33H,2-3,28H2,1H3. The molecule has 5 nitrogen and oxygen atoms in total. The lowest BCUT2D eigenvalue weighted by atomic mass is 10.1. The monoisotopic (exact) mass is 746 g/mol. The second-order valence-corrected chi connectivity index (χ2v) is 15.6. The molecule has 0 saturated heterocycles. The minimum atomic E-state index is 0.694. The highest BCUT2D eigenvalue weighted by molar-refractivity contribution is 6.15. The van der Waals surface area contributed by atoms with Crippen molar-refractivity contribution in [1.29, 1.82) is 0 Å². The van der Waals surface area contributed by atoms with E-state index >= 15 is 0 Å². The molecular weight excluding hydrogens is 709 g/mol. The Labute approximate surface area is 334 Å². The molecule has 0 N–H and O–H groups in total. The number of aromatic nitrogens is 4. The smallest absolute Gasteiger partial charge is 0.150 e. The van der Waals surface area contributed by atoms with Crippen LogP contribution in [0.15, 0.2) is 170 Å². The maximum absolute atomic E-state index is 12.0. The van der Waals surface area contributed by atoms with Gasteiger partial charge in [0.1, 0.15) is 6.29 Å². The normalized spacial score (nSPS) is 12.2. The molecule has 0 aliphatic rings. The number of benzene rings is 8. The van der Waals surface area contributed by atoms with E-state index in [-0.39, 0.29) is 0 Å². The van der Waals surface area contributed by atoms with Crippen molar-refractivity contribution in [2.75, 3.05) is 0 Å². The summed E-state index contributed by atoms with van der Waals surface area (Å²) in [6, 6.07) is 61.8. The van der Waals surface area contributed by atoms with E-state index in [1.165, 1.54) is 65.4 Å². The van der Waals surface area contributed by atoms with Crippen LogP contribution < -0.4 is 0 Å². The van der Waals surface area contributed by atoms with E-state index in [1.807, 2.05) is 6.07 Å². The average molecular weight is 747 g/mol. The Bertz CT molecular complexity index is 3370. The van der Waals surface area contributed by atoms with Crippen LogP contribution in [-0.4, -0.2) is 24.6 Å². The van der Waals surface area contributed by atoms with Crippen molar-refractivity contribution >= 4 is 93.5 Å². The molecule has 0 atom stereocenters. The van der Waals surface area contributed by atoms with Gasteiger partial charge in [0.05, 0.1) is 33.1 Å². The van der Waals surface area contributed by atoms with E-state index < -0.39 is 0 Å². The molecule has 0 saturated carbocycles. The summed E-state index contributed by atoms with van der Waals surface area (Å²) in [6.45, 7) is 3.17. The SMILES string of the molecule is CCCCn1c2ccc(C=O)cc2c2cc(-n3c4ccc(-n5c6ccccc6c6ccccc65)cc4c4cc(-n5c6ccccc6c6ccccc65)ccc43)ccc21. The summed E-state index contributed by atoms with van der Waals surface area (Å²) in [5.74, 6) is 0. The quantitative estimate of drug-likeness (QED) is 0.150. The Balaban J connectivity index is 1.16. The third kappa shape index (κ3) is 4.61. The fourth-order valence-corrected chi connectivity index (χ4v) is 9.84. The Morgan fingerprint density at radius 2 is 0.724 bits per heavy atom. The number of hydrogen-bond acceptors (Lipinski definition) is 1. The van der Waals surface area contributed by atoms with Gasteiger partial charge in [-0.25, -0.2) is 0 Å². The zero-order valence-corrected chi connectivity index (χ0v) is 32.1. The molecule has 0 amide bonds. The second-order valence-electron chi connectivity index (χ2n) is 15.6. The van der Waals surface area contributed by atoms with Crippen molar-refractivity contribution < 1.29 is 4.79 Å². The van der Waals surface area contributed by atoms with Gasteiger partial charge in [-0.2, -0.15) is 0 Å². The molecule has 0 spiro atoms. The van der Waals surface area contributed by atoms with Crippen molar-refractivity contribution in [1.82, 2.24) is 18.3 Å². The second kappa shape index (κ2) is 12.6. The number of unbranched alkanes of at least 4 members (excludes halogenated alkanes) is 1. The number of carbonyl (C=O) groups excluding carboxylic acids is 1. The number of rotatable bonds is 7. The number of aldehydes is 1. The van der Waals surface area contributed by atoms with Gasteiger partial charge in [-0.3, -0.25) is 4.79 Å². The minimum absolute atomic E-state index is 0.694. The molecule has 0 fully saturated rings. The Kier molecular flexibility index (Phi) is 7.12. The zero-order chi connectivity index (χ0) is 38.5. The number of hydrogen-bond donors (Lipinski definition) is 0. The van der Waals surface area contributed by atoms with Crippen LogP contribution in [0.3, 0.4) is 0 Å². The summed E-state index contributed by atoms with van der Waals surface area (Å²) in [5.41, 5.74) is 13.4. The third-order valence-electron chi connectivity index (χ3n) is 12.4. The lowest BCUT2D eigenvalue weighted by Crippen LogP contribution is -1.98. The van der Waals surface area contributed by atoms with Crippen molar-refractivity contribution in [3.8, 4) is 17.1 Å². The van der Waals surface area contributed by atoms with Crippen molar-refractivity contribution in [3.63, 3.8) is 0 Å². The zero-order valence-electron chi connectivity index (χ0n) is 32.1. The van der Waals surface area contributed by atoms with E-state index in [0.717, 1.165) is 64.5 Å². The first kappa shape index (κ1) is 32.8. The molecule has 4 heterocycles. The topological polar surface area (TPSA) is 36.8 Å². The van der Waals surface area contributed by atoms with Gasteiger partial charge in [0.25, 0.3) is 0 Å². The van der Waals surface area contributed by atoms with E-state index in [2.05, 4.69) is 189 Å². The van der Waals surface area contributed by atoms with Crippen molar-refractivity contribution in [3.05, 3.63) is 175 Å². The van der Waals surface area contributed by atoms with Crippen molar-refractivity contribution in [2.24, 2.45) is 0 Å². The van der Waals surface area contributed by atoms with E-state index in [4.69, 9.17) is 0 Å². The van der Waals surface area contributed by atoms with Crippen LogP contribution in [0.1, 0.15) is 30.1 Å². The molecule has 0 aliphatic heterocycles. The maximum Gasteiger partial charge on any atom is 0.150 e. The molecule has 0 aliphatic carbocycles. The number of nitrogens with zero attached hydrogens (tertiary/aromatic N) is 4. The van der Waals surface area contributed by atoms with Crippen LogP contribution in [0.2, 0.25) is 0 Å². The van der Waals surface area contributed by atoms with Crippen LogP contribution in [0.5, 0.6) is 0 Å². The maximum atomic E-state index is 12.0. The molecule has 0 radical (unpaired) electrons. The molecule has 58 heavy (non-hydrogen) atoms. The average Bonchev–Trinajstić information content (AvgIpc) is 3.99. The molecule has 0 bridgehead atoms. The highest BCUT2D eigenvalue weighted by atomic mass is 16.1. The molecular formula is C53H38N4O. The van der Waals surface area contributed by atoms with Gasteiger partial charge in [-0.05, 0) is 103 Å². The number of carbonyl (C=O) groups is 1. The van der Waals surface area contributed by atoms with Gasteiger partial charge in [-0.1, -0.05) is 86.1 Å². The molecule has 276 valence electrons. The van der Waals surface area contributed by atoms with Crippen LogP contribution >= 0.6 is 0 Å². The predicted molar refractivity (Wildman–Crippen MR) is 243 cm³/mol. The summed E-state index contributed by atoms with van der Waals surface area (Å²) < 4.78 is 9.67. The first-order chi connectivity index (χ1) is 28.7. The lowest BCUT2D eigenvalue weighted by Gasteiger charge is -2.12. The van der Waals surface area contributed by atoms with Crippen LogP contribution in [0, 0.1) is 0 Å². The largest absolute Gasteiger partial charge is 0.340 e. The minimum Gasteiger partial charge on any atom is -0.340 e. The Morgan fingerprint density at radius 1 is 0.379 bits per heavy atom. The van der Waals surface area contributed by atoms with Crippen molar-refractivity contribution in [2.45, 2.75) is 26.3 Å². The fraction of sp³-hybridized carbons (Fsp3) is 0.0755. The van der Waals surface area contributed by atoms with E-state index in [0.29, 0.717) is 5.56 Å². The first-order valence-electron chi connectivity index (χ1n) is 20.3. The molecule has 12 rings (SSSR count). The van der Waals surface area contributed by atoms with Crippen LogP contribution in [0.25, 0.3) is 104 Å². The molecule has 12 aromatic rings. The lowest BCUT2D eigenvalue weighted by molar-refractivity contribution is 0.112. The van der Waals surface area contributed by atoms with Gasteiger partial charge in [0.2, 0.25) is 0 Å². The van der Waals surface area contributed by atoms with E-state index in [9.17, 15) is 4.79 Å². The molecule has 4 aromatic heterocycles. The Hall–Kier alpha value is -7.37. The summed E-state index contributed by atoms with van der Waals surface area (Å²) in [6.07, 6.45) is 3.15. The van der Waals surface area contributed by atoms with Crippen LogP contribution in [0.4, 0.5) is 0 Å². The summed E-state index contributed by atoms with van der Waals surface area (Å²) in [5, 5.41) is 9.64. The summed E-state index contributed by atoms with van der Waals surface area (Å²) in [4.78, 5) is 12.0. The highest BCUT2D eigenvalue weighted by Crippen LogP contribution is 2.41. The third-order valence-corrected chi connectivity index (χ3v) is 12.4. The number of aryl methyl sites for hydroxylation is 1. The Morgan fingerprint density at radius 3 is 1.14 bits per heavy atom. The van der Waals surface area contributed by atoms with E-state index in [1.54, 1.807) is 0 Å². The fourth-order valence-electron chi connectivity index (χ4n) is 9.84.